The van der Waals surface area contributed by atoms with Crippen molar-refractivity contribution in [2.24, 2.45) is 11.3 Å². The van der Waals surface area contributed by atoms with Crippen LogP contribution in [0.25, 0.3) is 0 Å². The van der Waals surface area contributed by atoms with E-state index in [-0.39, 0.29) is 28.8 Å². The Morgan fingerprint density at radius 1 is 1.21 bits per heavy atom. The van der Waals surface area contributed by atoms with Crippen LogP contribution in [-0.2, 0) is 10.3 Å². The lowest BCUT2D eigenvalue weighted by Crippen LogP contribution is -2.56. The molecule has 0 spiro atoms. The minimum Gasteiger partial charge on any atom is -0.465 e. The van der Waals surface area contributed by atoms with E-state index < -0.39 is 39.7 Å². The summed E-state index contributed by atoms with van der Waals surface area (Å²) in [6.45, 7) is 3.72. The Bertz CT molecular complexity index is 1260. The highest BCUT2D eigenvalue weighted by Gasteiger charge is 2.78. The Morgan fingerprint density at radius 2 is 1.88 bits per heavy atom. The summed E-state index contributed by atoms with van der Waals surface area (Å²) in [5, 5.41) is 33.0. The van der Waals surface area contributed by atoms with Crippen LogP contribution in [0.3, 0.4) is 0 Å². The van der Waals surface area contributed by atoms with Gasteiger partial charge in [0.2, 0.25) is 0 Å². The van der Waals surface area contributed by atoms with Crippen LogP contribution in [0.2, 0.25) is 0 Å². The molecule has 0 bridgehead atoms. The van der Waals surface area contributed by atoms with E-state index in [2.05, 4.69) is 6.58 Å². The summed E-state index contributed by atoms with van der Waals surface area (Å²) in [5.41, 5.74) is -3.89. The number of carbonyl (C=O) groups is 2. The maximum Gasteiger partial charge on any atom is 0.338 e. The zero-order valence-electron chi connectivity index (χ0n) is 17.6. The van der Waals surface area contributed by atoms with Crippen molar-refractivity contribution in [1.82, 2.24) is 0 Å². The number of rotatable bonds is 4. The van der Waals surface area contributed by atoms with Crippen molar-refractivity contribution >= 4 is 17.6 Å². The average molecular weight is 442 g/mol. The molecule has 1 fully saturated rings. The fraction of sp³-hybridized carbons (Fsp3) is 0.250. The third-order valence-electron chi connectivity index (χ3n) is 6.58. The highest BCUT2D eigenvalue weighted by atomic mass is 16.6. The summed E-state index contributed by atoms with van der Waals surface area (Å²) in [4.78, 5) is 39.8. The van der Waals surface area contributed by atoms with Crippen molar-refractivity contribution in [3.63, 3.8) is 0 Å². The molecule has 3 atom stereocenters. The fourth-order valence-electron chi connectivity index (χ4n) is 5.29. The van der Waals surface area contributed by atoms with Crippen molar-refractivity contribution in [2.75, 3.05) is 12.0 Å². The number of anilines is 1. The molecule has 0 N–H and O–H groups in total. The van der Waals surface area contributed by atoms with E-state index in [9.17, 15) is 30.2 Å². The van der Waals surface area contributed by atoms with Crippen molar-refractivity contribution in [3.05, 3.63) is 88.0 Å². The Hall–Kier alpha value is -4.50. The summed E-state index contributed by atoms with van der Waals surface area (Å²) < 4.78 is 4.87. The SMILES string of the molecule is C=CC1CC(C#N)(C#N)C2N(C(=O)c3ccccc3)c3cccc(C(=O)OC)c3C12[N+](=O)[O-]. The molecule has 9 nitrogen and oxygen atoms in total. The zero-order chi connectivity index (χ0) is 24.0. The number of nitrogens with zero attached hydrogens (tertiary/aromatic N) is 4. The number of carbonyl (C=O) groups excluding carboxylic acids is 2. The molecular formula is C24H18N4O5. The summed E-state index contributed by atoms with van der Waals surface area (Å²) in [5.74, 6) is -2.45. The van der Waals surface area contributed by atoms with E-state index in [4.69, 9.17) is 4.74 Å². The summed E-state index contributed by atoms with van der Waals surface area (Å²) >= 11 is 0. The smallest absolute Gasteiger partial charge is 0.338 e. The summed E-state index contributed by atoms with van der Waals surface area (Å²) in [6.07, 6.45) is 1.10. The first-order valence-electron chi connectivity index (χ1n) is 10.0. The normalized spacial score (nSPS) is 24.0. The topological polar surface area (TPSA) is 137 Å². The second kappa shape index (κ2) is 7.57. The highest BCUT2D eigenvalue weighted by molar-refractivity contribution is 6.10. The van der Waals surface area contributed by atoms with Crippen LogP contribution in [0.15, 0.2) is 61.2 Å². The number of ether oxygens (including phenoxy) is 1. The standard InChI is InChI=1S/C24H18N4O5/c1-3-16-12-23(13-25,14-26)22-24(16,28(31)32)19-17(21(30)33-2)10-7-11-18(19)27(22)20(29)15-8-5-4-6-9-15/h3-11,16,22H,1,12H2,2H3. The molecule has 2 aliphatic rings. The molecule has 0 radical (unpaired) electrons. The molecule has 9 heteroatoms. The van der Waals surface area contributed by atoms with Gasteiger partial charge in [0.1, 0.15) is 6.04 Å². The monoisotopic (exact) mass is 442 g/mol. The number of methoxy groups -OCH3 is 1. The van der Waals surface area contributed by atoms with Gasteiger partial charge in [-0.2, -0.15) is 10.5 Å². The highest BCUT2D eigenvalue weighted by Crippen LogP contribution is 2.64. The van der Waals surface area contributed by atoms with E-state index in [0.717, 1.165) is 12.0 Å². The lowest BCUT2D eigenvalue weighted by atomic mass is 9.76. The van der Waals surface area contributed by atoms with Crippen molar-refractivity contribution in [3.8, 4) is 12.1 Å². The quantitative estimate of drug-likeness (QED) is 0.307. The molecule has 1 heterocycles. The van der Waals surface area contributed by atoms with Crippen LogP contribution in [0.5, 0.6) is 0 Å². The third kappa shape index (κ3) is 2.63. The zero-order valence-corrected chi connectivity index (χ0v) is 17.6. The van der Waals surface area contributed by atoms with Crippen molar-refractivity contribution < 1.29 is 19.2 Å². The number of amides is 1. The molecule has 2 aromatic rings. The molecule has 33 heavy (non-hydrogen) atoms. The number of hydrogen-bond donors (Lipinski definition) is 0. The molecule has 1 amide bonds. The number of nitro groups is 1. The van der Waals surface area contributed by atoms with Crippen LogP contribution in [-0.4, -0.2) is 30.0 Å². The van der Waals surface area contributed by atoms with Gasteiger partial charge in [0.15, 0.2) is 5.41 Å². The van der Waals surface area contributed by atoms with Crippen LogP contribution in [0.4, 0.5) is 5.69 Å². The number of fused-ring (bicyclic) bond motifs is 3. The molecule has 1 saturated carbocycles. The van der Waals surface area contributed by atoms with Gasteiger partial charge in [0.25, 0.3) is 11.4 Å². The molecule has 164 valence electrons. The van der Waals surface area contributed by atoms with Crippen LogP contribution >= 0.6 is 0 Å². The molecular weight excluding hydrogens is 424 g/mol. The van der Waals surface area contributed by atoms with Crippen molar-refractivity contribution in [2.45, 2.75) is 18.0 Å². The third-order valence-corrected chi connectivity index (χ3v) is 6.58. The van der Waals surface area contributed by atoms with E-state index in [1.54, 1.807) is 30.3 Å². The van der Waals surface area contributed by atoms with Gasteiger partial charge in [0, 0.05) is 10.5 Å². The van der Waals surface area contributed by atoms with E-state index >= 15 is 0 Å². The van der Waals surface area contributed by atoms with Gasteiger partial charge in [-0.25, -0.2) is 4.79 Å². The molecule has 1 aliphatic carbocycles. The number of hydrogen-bond acceptors (Lipinski definition) is 7. The number of nitriles is 2. The van der Waals surface area contributed by atoms with Gasteiger partial charge in [0.05, 0.1) is 42.0 Å². The van der Waals surface area contributed by atoms with Crippen LogP contribution < -0.4 is 4.90 Å². The number of esters is 1. The van der Waals surface area contributed by atoms with Gasteiger partial charge in [-0.3, -0.25) is 19.8 Å². The molecule has 1 aliphatic heterocycles. The molecule has 2 aromatic carbocycles. The second-order valence-electron chi connectivity index (χ2n) is 7.96. The van der Waals surface area contributed by atoms with E-state index in [1.807, 2.05) is 12.1 Å². The Balaban J connectivity index is 2.15. The fourth-order valence-corrected chi connectivity index (χ4v) is 5.29. The maximum absolute atomic E-state index is 13.7. The van der Waals surface area contributed by atoms with Gasteiger partial charge < -0.3 is 4.74 Å². The summed E-state index contributed by atoms with van der Waals surface area (Å²) in [6, 6.07) is 14.8. The first kappa shape index (κ1) is 21.7. The first-order valence-corrected chi connectivity index (χ1v) is 10.0. The molecule has 3 unspecified atom stereocenters. The second-order valence-corrected chi connectivity index (χ2v) is 7.96. The lowest BCUT2D eigenvalue weighted by Gasteiger charge is -2.32. The predicted molar refractivity (Wildman–Crippen MR) is 115 cm³/mol. The van der Waals surface area contributed by atoms with E-state index in [1.165, 1.54) is 24.3 Å². The van der Waals surface area contributed by atoms with Crippen molar-refractivity contribution in [1.29, 1.82) is 10.5 Å². The minimum absolute atomic E-state index is 0.0478. The van der Waals surface area contributed by atoms with Gasteiger partial charge in [-0.05, 0) is 30.7 Å². The van der Waals surface area contributed by atoms with Crippen LogP contribution in [0.1, 0.15) is 32.7 Å². The largest absolute Gasteiger partial charge is 0.465 e. The molecule has 4 rings (SSSR count). The number of benzene rings is 2. The lowest BCUT2D eigenvalue weighted by molar-refractivity contribution is -0.585. The average Bonchev–Trinajstić information content (AvgIpc) is 3.33. The van der Waals surface area contributed by atoms with Gasteiger partial charge >= 0.3 is 5.97 Å². The van der Waals surface area contributed by atoms with Gasteiger partial charge in [-0.1, -0.05) is 30.3 Å². The van der Waals surface area contributed by atoms with Gasteiger partial charge in [-0.15, -0.1) is 6.58 Å². The molecule has 0 saturated heterocycles. The summed E-state index contributed by atoms with van der Waals surface area (Å²) in [7, 11) is 1.15. The maximum atomic E-state index is 13.7. The predicted octanol–water partition coefficient (Wildman–Crippen LogP) is 3.21. The Morgan fingerprint density at radius 3 is 2.42 bits per heavy atom. The van der Waals surface area contributed by atoms with Crippen LogP contribution in [0, 0.1) is 44.1 Å². The Kier molecular flexibility index (Phi) is 4.98. The molecule has 0 aromatic heterocycles. The Labute approximate surface area is 189 Å². The first-order chi connectivity index (χ1) is 15.8. The minimum atomic E-state index is -2.14. The van der Waals surface area contributed by atoms with E-state index in [0.29, 0.717) is 0 Å².